The van der Waals surface area contributed by atoms with Gasteiger partial charge in [0.2, 0.25) is 5.91 Å². The van der Waals surface area contributed by atoms with E-state index in [1.165, 1.54) is 0 Å². The number of rotatable bonds is 9. The maximum Gasteiger partial charge on any atom is 0.308 e. The van der Waals surface area contributed by atoms with Crippen molar-refractivity contribution in [2.45, 2.75) is 33.2 Å². The van der Waals surface area contributed by atoms with Crippen molar-refractivity contribution < 1.29 is 23.9 Å². The van der Waals surface area contributed by atoms with Gasteiger partial charge in [0.15, 0.2) is 12.4 Å². The molecule has 3 aromatic carbocycles. The van der Waals surface area contributed by atoms with Crippen LogP contribution in [-0.4, -0.2) is 30.2 Å². The molecule has 0 aliphatic heterocycles. The topological polar surface area (TPSA) is 102 Å². The summed E-state index contributed by atoms with van der Waals surface area (Å²) in [5, 5.41) is 5.67. The van der Waals surface area contributed by atoms with E-state index in [2.05, 4.69) is 10.6 Å². The van der Waals surface area contributed by atoms with Crippen molar-refractivity contribution in [2.24, 2.45) is 5.41 Å². The third-order valence-electron chi connectivity index (χ3n) is 5.42. The van der Waals surface area contributed by atoms with Gasteiger partial charge in [0, 0.05) is 22.2 Å². The Kier molecular flexibility index (Phi) is 8.73. The summed E-state index contributed by atoms with van der Waals surface area (Å²) < 4.78 is 5.23. The fraction of sp³-hybridized carbons (Fsp3) is 0.241. The quantitative estimate of drug-likeness (QED) is 0.329. The highest BCUT2D eigenvalue weighted by molar-refractivity contribution is 5.99. The molecule has 186 valence electrons. The summed E-state index contributed by atoms with van der Waals surface area (Å²) in [6.45, 7) is 5.00. The maximum atomic E-state index is 12.7. The molecule has 0 spiro atoms. The number of carbonyl (C=O) groups excluding carboxylic acids is 4. The first kappa shape index (κ1) is 26.3. The summed E-state index contributed by atoms with van der Waals surface area (Å²) in [4.78, 5) is 49.9. The highest BCUT2D eigenvalue weighted by Gasteiger charge is 2.22. The van der Waals surface area contributed by atoms with E-state index in [9.17, 15) is 19.2 Å². The van der Waals surface area contributed by atoms with Gasteiger partial charge in [-0.05, 0) is 42.0 Å². The highest BCUT2D eigenvalue weighted by Crippen LogP contribution is 2.20. The van der Waals surface area contributed by atoms with Gasteiger partial charge in [-0.25, -0.2) is 0 Å². The van der Waals surface area contributed by atoms with Crippen LogP contribution in [0.3, 0.4) is 0 Å². The van der Waals surface area contributed by atoms with E-state index in [1.54, 1.807) is 48.5 Å². The van der Waals surface area contributed by atoms with E-state index in [-0.39, 0.29) is 24.0 Å². The second-order valence-corrected chi connectivity index (χ2v) is 9.37. The Balaban J connectivity index is 1.58. The summed E-state index contributed by atoms with van der Waals surface area (Å²) in [7, 11) is 0. The maximum absolute atomic E-state index is 12.7. The second-order valence-electron chi connectivity index (χ2n) is 9.37. The van der Waals surface area contributed by atoms with Gasteiger partial charge >= 0.3 is 5.97 Å². The molecule has 0 fully saturated rings. The average molecular weight is 487 g/mol. The molecule has 1 atom stereocenters. The van der Waals surface area contributed by atoms with Crippen LogP contribution in [0.4, 0.5) is 5.69 Å². The third kappa shape index (κ3) is 7.63. The number of hydrogen-bond acceptors (Lipinski definition) is 5. The predicted molar refractivity (Wildman–Crippen MR) is 138 cm³/mol. The third-order valence-corrected chi connectivity index (χ3v) is 5.42. The molecule has 2 amide bonds. The summed E-state index contributed by atoms with van der Waals surface area (Å²) in [6.07, 6.45) is -0.131. The molecular formula is C29H30N2O5. The zero-order valence-corrected chi connectivity index (χ0v) is 20.6. The molecule has 3 rings (SSSR count). The Morgan fingerprint density at radius 3 is 1.94 bits per heavy atom. The number of amides is 2. The monoisotopic (exact) mass is 486 g/mol. The number of anilines is 1. The largest absolute Gasteiger partial charge is 0.457 e. The van der Waals surface area contributed by atoms with E-state index >= 15 is 0 Å². The van der Waals surface area contributed by atoms with E-state index < -0.39 is 24.0 Å². The van der Waals surface area contributed by atoms with Crippen LogP contribution in [0, 0.1) is 5.41 Å². The molecule has 2 N–H and O–H groups in total. The lowest BCUT2D eigenvalue weighted by Crippen LogP contribution is -2.31. The van der Waals surface area contributed by atoms with E-state index in [0.29, 0.717) is 16.8 Å². The van der Waals surface area contributed by atoms with Gasteiger partial charge in [-0.1, -0.05) is 69.3 Å². The van der Waals surface area contributed by atoms with Gasteiger partial charge in [-0.3, -0.25) is 19.2 Å². The summed E-state index contributed by atoms with van der Waals surface area (Å²) in [5.74, 6) is -1.43. The van der Waals surface area contributed by atoms with Crippen molar-refractivity contribution in [3.63, 3.8) is 0 Å². The number of ether oxygens (including phenoxy) is 1. The first-order valence-electron chi connectivity index (χ1n) is 11.6. The molecule has 0 radical (unpaired) electrons. The number of ketones is 1. The number of hydrogen-bond donors (Lipinski definition) is 2. The molecule has 0 bridgehead atoms. The van der Waals surface area contributed by atoms with Crippen LogP contribution < -0.4 is 10.6 Å². The van der Waals surface area contributed by atoms with Crippen LogP contribution in [0.2, 0.25) is 0 Å². The molecule has 0 heterocycles. The first-order chi connectivity index (χ1) is 17.1. The van der Waals surface area contributed by atoms with Crippen molar-refractivity contribution in [1.82, 2.24) is 5.32 Å². The van der Waals surface area contributed by atoms with Gasteiger partial charge in [-0.15, -0.1) is 0 Å². The minimum atomic E-state index is -0.618. The van der Waals surface area contributed by atoms with Crippen molar-refractivity contribution >= 4 is 29.3 Å². The van der Waals surface area contributed by atoms with Crippen LogP contribution in [0.1, 0.15) is 59.5 Å². The van der Waals surface area contributed by atoms with Gasteiger partial charge < -0.3 is 15.4 Å². The summed E-state index contributed by atoms with van der Waals surface area (Å²) >= 11 is 0. The normalized spacial score (nSPS) is 11.8. The van der Waals surface area contributed by atoms with Crippen molar-refractivity contribution in [3.05, 3.63) is 102 Å². The number of benzene rings is 3. The van der Waals surface area contributed by atoms with Crippen LogP contribution in [-0.2, 0) is 14.3 Å². The molecule has 0 aliphatic carbocycles. The highest BCUT2D eigenvalue weighted by atomic mass is 16.5. The van der Waals surface area contributed by atoms with Crippen LogP contribution in [0.5, 0.6) is 0 Å². The Hall–Kier alpha value is -4.26. The van der Waals surface area contributed by atoms with E-state index in [4.69, 9.17) is 4.74 Å². The summed E-state index contributed by atoms with van der Waals surface area (Å²) in [5.41, 5.74) is 1.61. The minimum Gasteiger partial charge on any atom is -0.457 e. The molecule has 0 saturated heterocycles. The number of Topliss-reactive ketones (excluding diaryl/α,β-unsaturated/α-hetero) is 1. The van der Waals surface area contributed by atoms with Crippen molar-refractivity contribution in [3.8, 4) is 0 Å². The predicted octanol–water partition coefficient (Wildman–Crippen LogP) is 4.96. The second kappa shape index (κ2) is 11.9. The fourth-order valence-electron chi connectivity index (χ4n) is 3.28. The Morgan fingerprint density at radius 2 is 1.36 bits per heavy atom. The Bertz CT molecular complexity index is 1200. The average Bonchev–Trinajstić information content (AvgIpc) is 2.87. The van der Waals surface area contributed by atoms with Gasteiger partial charge in [0.25, 0.3) is 5.91 Å². The van der Waals surface area contributed by atoms with Gasteiger partial charge in [0.05, 0.1) is 12.5 Å². The number of esters is 1. The Labute approximate surface area is 210 Å². The molecule has 3 aromatic rings. The van der Waals surface area contributed by atoms with Gasteiger partial charge in [0.1, 0.15) is 0 Å². The lowest BCUT2D eigenvalue weighted by molar-refractivity contribution is -0.143. The molecule has 7 heteroatoms. The molecule has 0 aliphatic rings. The number of nitrogens with one attached hydrogen (secondary N) is 2. The molecule has 0 aromatic heterocycles. The summed E-state index contributed by atoms with van der Waals surface area (Å²) in [6, 6.07) is 23.6. The molecule has 1 unspecified atom stereocenters. The van der Waals surface area contributed by atoms with E-state index in [1.807, 2.05) is 57.2 Å². The van der Waals surface area contributed by atoms with Crippen LogP contribution >= 0.6 is 0 Å². The Morgan fingerprint density at radius 1 is 0.778 bits per heavy atom. The zero-order chi connectivity index (χ0) is 26.1. The SMILES string of the molecule is CC(C)(C)C(=O)Nc1ccc(C(=O)COC(=O)CC(NC(=O)c2ccccc2)c2ccccc2)cc1. The smallest absolute Gasteiger partial charge is 0.308 e. The van der Waals surface area contributed by atoms with Crippen molar-refractivity contribution in [2.75, 3.05) is 11.9 Å². The lowest BCUT2D eigenvalue weighted by atomic mass is 9.95. The standard InChI is InChI=1S/C29H30N2O5/c1-29(2,3)28(35)30-23-16-14-21(15-17-23)25(32)19-36-26(33)18-24(20-10-6-4-7-11-20)31-27(34)22-12-8-5-9-13-22/h4-17,24H,18-19H2,1-3H3,(H,30,35)(H,31,34). The zero-order valence-electron chi connectivity index (χ0n) is 20.6. The molecular weight excluding hydrogens is 456 g/mol. The van der Waals surface area contributed by atoms with Crippen LogP contribution in [0.15, 0.2) is 84.9 Å². The van der Waals surface area contributed by atoms with E-state index in [0.717, 1.165) is 5.56 Å². The van der Waals surface area contributed by atoms with Crippen LogP contribution in [0.25, 0.3) is 0 Å². The first-order valence-corrected chi connectivity index (χ1v) is 11.6. The lowest BCUT2D eigenvalue weighted by Gasteiger charge is -2.19. The molecule has 36 heavy (non-hydrogen) atoms. The minimum absolute atomic E-state index is 0.131. The molecule has 0 saturated carbocycles. The number of carbonyl (C=O) groups is 4. The van der Waals surface area contributed by atoms with Crippen molar-refractivity contribution in [1.29, 1.82) is 0 Å². The fourth-order valence-corrected chi connectivity index (χ4v) is 3.28. The molecule has 7 nitrogen and oxygen atoms in total. The van der Waals surface area contributed by atoms with Gasteiger partial charge in [-0.2, -0.15) is 0 Å².